The summed E-state index contributed by atoms with van der Waals surface area (Å²) in [4.78, 5) is 17.2. The molecular formula is C16H19N3O. The van der Waals surface area contributed by atoms with Gasteiger partial charge in [-0.05, 0) is 43.9 Å². The van der Waals surface area contributed by atoms with Crippen LogP contribution in [0.25, 0.3) is 0 Å². The van der Waals surface area contributed by atoms with Gasteiger partial charge >= 0.3 is 0 Å². The Morgan fingerprint density at radius 2 is 2.30 bits per heavy atom. The molecule has 0 saturated heterocycles. The summed E-state index contributed by atoms with van der Waals surface area (Å²) in [6, 6.07) is 5.95. The highest BCUT2D eigenvalue weighted by Crippen LogP contribution is 2.33. The van der Waals surface area contributed by atoms with Gasteiger partial charge in [0.05, 0.1) is 17.3 Å². The van der Waals surface area contributed by atoms with E-state index in [0.29, 0.717) is 0 Å². The quantitative estimate of drug-likeness (QED) is 0.802. The minimum absolute atomic E-state index is 0.0992. The van der Waals surface area contributed by atoms with Gasteiger partial charge in [0.15, 0.2) is 5.78 Å². The number of pyridine rings is 1. The number of nitrogens with zero attached hydrogens (tertiary/aromatic N) is 3. The van der Waals surface area contributed by atoms with Crippen LogP contribution < -0.4 is 0 Å². The zero-order chi connectivity index (χ0) is 14.1. The van der Waals surface area contributed by atoms with Crippen LogP contribution in [0.4, 0.5) is 0 Å². The van der Waals surface area contributed by atoms with Crippen LogP contribution in [-0.2, 0) is 19.4 Å². The Kier molecular flexibility index (Phi) is 3.38. The van der Waals surface area contributed by atoms with Crippen molar-refractivity contribution >= 4 is 5.78 Å². The minimum atomic E-state index is -0.0992. The topological polar surface area (TPSA) is 47.8 Å². The highest BCUT2D eigenvalue weighted by atomic mass is 16.1. The largest absolute Gasteiger partial charge is 0.292 e. The van der Waals surface area contributed by atoms with Crippen LogP contribution in [0.3, 0.4) is 0 Å². The van der Waals surface area contributed by atoms with Gasteiger partial charge in [-0.15, -0.1) is 0 Å². The molecule has 0 bridgehead atoms. The van der Waals surface area contributed by atoms with E-state index in [1.54, 1.807) is 6.20 Å². The van der Waals surface area contributed by atoms with E-state index in [-0.39, 0.29) is 11.7 Å². The van der Waals surface area contributed by atoms with Gasteiger partial charge in [0, 0.05) is 12.7 Å². The van der Waals surface area contributed by atoms with Crippen molar-refractivity contribution in [3.63, 3.8) is 0 Å². The maximum Gasteiger partial charge on any atom is 0.189 e. The third-order valence-electron chi connectivity index (χ3n) is 4.02. The molecule has 104 valence electrons. The van der Waals surface area contributed by atoms with E-state index >= 15 is 0 Å². The summed E-state index contributed by atoms with van der Waals surface area (Å²) in [5.41, 5.74) is 3.88. The standard InChI is InChI=1S/C16H19N3O/c1-3-12-10-14(19(4-2)18-12)16(20)13-8-7-11-6-5-9-17-15(11)13/h5-6,9-10,13H,3-4,7-8H2,1-2H3. The lowest BCUT2D eigenvalue weighted by Gasteiger charge is -2.10. The number of fused-ring (bicyclic) bond motifs is 1. The SMILES string of the molecule is CCc1cc(C(=O)C2CCc3cccnc32)n(CC)n1. The molecule has 4 heteroatoms. The minimum Gasteiger partial charge on any atom is -0.292 e. The van der Waals surface area contributed by atoms with Crippen molar-refractivity contribution in [1.82, 2.24) is 14.8 Å². The normalized spacial score (nSPS) is 17.2. The maximum absolute atomic E-state index is 12.8. The Balaban J connectivity index is 1.96. The Labute approximate surface area is 118 Å². The third-order valence-corrected chi connectivity index (χ3v) is 4.02. The molecule has 2 heterocycles. The molecule has 2 aromatic heterocycles. The average molecular weight is 269 g/mol. The van der Waals surface area contributed by atoms with Crippen molar-refractivity contribution in [3.05, 3.63) is 47.0 Å². The predicted octanol–water partition coefficient (Wildman–Crippen LogP) is 2.77. The molecule has 0 N–H and O–H groups in total. The first-order valence-corrected chi connectivity index (χ1v) is 7.29. The first-order valence-electron chi connectivity index (χ1n) is 7.29. The van der Waals surface area contributed by atoms with Crippen LogP contribution in [0, 0.1) is 0 Å². The molecule has 1 atom stereocenters. The molecule has 1 aliphatic rings. The molecule has 0 amide bonds. The van der Waals surface area contributed by atoms with Crippen molar-refractivity contribution in [1.29, 1.82) is 0 Å². The fourth-order valence-corrected chi connectivity index (χ4v) is 2.93. The number of carbonyl (C=O) groups excluding carboxylic acids is 1. The van der Waals surface area contributed by atoms with Crippen LogP contribution in [0.1, 0.15) is 53.6 Å². The van der Waals surface area contributed by atoms with Gasteiger partial charge in [0.25, 0.3) is 0 Å². The fourth-order valence-electron chi connectivity index (χ4n) is 2.93. The molecular weight excluding hydrogens is 250 g/mol. The van der Waals surface area contributed by atoms with E-state index in [1.807, 2.05) is 23.7 Å². The molecule has 0 saturated carbocycles. The van der Waals surface area contributed by atoms with Gasteiger partial charge in [0.1, 0.15) is 5.69 Å². The molecule has 0 spiro atoms. The predicted molar refractivity (Wildman–Crippen MR) is 76.9 cm³/mol. The van der Waals surface area contributed by atoms with Crippen LogP contribution in [0.2, 0.25) is 0 Å². The highest BCUT2D eigenvalue weighted by molar-refractivity contribution is 6.00. The molecule has 2 aromatic rings. The Bertz CT molecular complexity index is 645. The first kappa shape index (κ1) is 13.0. The smallest absolute Gasteiger partial charge is 0.189 e. The summed E-state index contributed by atoms with van der Waals surface area (Å²) in [7, 11) is 0. The molecule has 1 unspecified atom stereocenters. The van der Waals surface area contributed by atoms with Gasteiger partial charge in [-0.1, -0.05) is 13.0 Å². The lowest BCUT2D eigenvalue weighted by Crippen LogP contribution is -2.16. The molecule has 20 heavy (non-hydrogen) atoms. The molecule has 4 nitrogen and oxygen atoms in total. The number of carbonyl (C=O) groups is 1. The van der Waals surface area contributed by atoms with Gasteiger partial charge in [-0.25, -0.2) is 0 Å². The second kappa shape index (κ2) is 5.19. The monoisotopic (exact) mass is 269 g/mol. The zero-order valence-corrected chi connectivity index (χ0v) is 12.0. The number of aromatic nitrogens is 3. The van der Waals surface area contributed by atoms with Crippen LogP contribution in [-0.4, -0.2) is 20.5 Å². The van der Waals surface area contributed by atoms with E-state index in [2.05, 4.69) is 23.1 Å². The van der Waals surface area contributed by atoms with Gasteiger partial charge in [0.2, 0.25) is 0 Å². The van der Waals surface area contributed by atoms with Crippen LogP contribution in [0.15, 0.2) is 24.4 Å². The van der Waals surface area contributed by atoms with Crippen molar-refractivity contribution in [2.75, 3.05) is 0 Å². The number of aryl methyl sites for hydroxylation is 3. The lowest BCUT2D eigenvalue weighted by molar-refractivity contribution is 0.0947. The molecule has 0 aliphatic heterocycles. The summed E-state index contributed by atoms with van der Waals surface area (Å²) < 4.78 is 1.82. The van der Waals surface area contributed by atoms with E-state index in [0.717, 1.165) is 42.9 Å². The van der Waals surface area contributed by atoms with Gasteiger partial charge in [-0.2, -0.15) is 5.10 Å². The lowest BCUT2D eigenvalue weighted by atomic mass is 9.98. The second-order valence-corrected chi connectivity index (χ2v) is 5.19. The van der Waals surface area contributed by atoms with Crippen molar-refractivity contribution in [2.45, 2.75) is 45.6 Å². The summed E-state index contributed by atoms with van der Waals surface area (Å²) in [6.45, 7) is 4.80. The molecule has 0 fully saturated rings. The van der Waals surface area contributed by atoms with Gasteiger partial charge in [-0.3, -0.25) is 14.5 Å². The van der Waals surface area contributed by atoms with Gasteiger partial charge < -0.3 is 0 Å². The third kappa shape index (κ3) is 2.05. The summed E-state index contributed by atoms with van der Waals surface area (Å²) in [6.07, 6.45) is 4.44. The molecule has 1 aliphatic carbocycles. The molecule has 0 aromatic carbocycles. The zero-order valence-electron chi connectivity index (χ0n) is 12.0. The average Bonchev–Trinajstić information content (AvgIpc) is 3.10. The number of hydrogen-bond donors (Lipinski definition) is 0. The Morgan fingerprint density at radius 1 is 1.45 bits per heavy atom. The van der Waals surface area contributed by atoms with Crippen LogP contribution >= 0.6 is 0 Å². The van der Waals surface area contributed by atoms with E-state index in [4.69, 9.17) is 0 Å². The molecule has 3 rings (SSSR count). The van der Waals surface area contributed by atoms with E-state index in [1.165, 1.54) is 5.56 Å². The Hall–Kier alpha value is -1.97. The van der Waals surface area contributed by atoms with Crippen LogP contribution in [0.5, 0.6) is 0 Å². The Morgan fingerprint density at radius 3 is 3.05 bits per heavy atom. The van der Waals surface area contributed by atoms with E-state index in [9.17, 15) is 4.79 Å². The number of Topliss-reactive ketones (excluding diaryl/α,β-unsaturated/α-hetero) is 1. The summed E-state index contributed by atoms with van der Waals surface area (Å²) in [5, 5.41) is 4.47. The van der Waals surface area contributed by atoms with Crippen molar-refractivity contribution in [2.24, 2.45) is 0 Å². The maximum atomic E-state index is 12.8. The number of ketones is 1. The summed E-state index contributed by atoms with van der Waals surface area (Å²) in [5.74, 6) is 0.0643. The molecule has 0 radical (unpaired) electrons. The second-order valence-electron chi connectivity index (χ2n) is 5.19. The fraction of sp³-hybridized carbons (Fsp3) is 0.438. The highest BCUT2D eigenvalue weighted by Gasteiger charge is 2.32. The first-order chi connectivity index (χ1) is 9.74. The number of hydrogen-bond acceptors (Lipinski definition) is 3. The van der Waals surface area contributed by atoms with Crippen molar-refractivity contribution in [3.8, 4) is 0 Å². The van der Waals surface area contributed by atoms with Crippen molar-refractivity contribution < 1.29 is 4.79 Å². The number of rotatable bonds is 4. The summed E-state index contributed by atoms with van der Waals surface area (Å²) >= 11 is 0. The van der Waals surface area contributed by atoms with E-state index < -0.39 is 0 Å².